The molecule has 136 valence electrons. The molecule has 2 nitrogen and oxygen atoms in total. The molecule has 0 spiro atoms. The summed E-state index contributed by atoms with van der Waals surface area (Å²) < 4.78 is 44.9. The van der Waals surface area contributed by atoms with E-state index in [1.807, 2.05) is 0 Å². The van der Waals surface area contributed by atoms with Crippen LogP contribution in [0.2, 0.25) is 0 Å². The molecule has 0 saturated heterocycles. The maximum atomic E-state index is 14.3. The van der Waals surface area contributed by atoms with E-state index in [4.69, 9.17) is 0 Å². The highest BCUT2D eigenvalue weighted by Crippen LogP contribution is 2.46. The van der Waals surface area contributed by atoms with Crippen LogP contribution in [0.4, 0.5) is 13.2 Å². The number of hydrogen-bond acceptors (Lipinski definition) is 2. The molecular formula is C20H19F3N2S. The first-order valence-corrected chi connectivity index (χ1v) is 9.69. The fraction of sp³-hybridized carbons (Fsp3) is 0.300. The van der Waals surface area contributed by atoms with Crippen molar-refractivity contribution in [3.8, 4) is 11.3 Å². The molecule has 6 heteroatoms. The van der Waals surface area contributed by atoms with Gasteiger partial charge in [0.15, 0.2) is 0 Å². The Morgan fingerprint density at radius 3 is 2.50 bits per heavy atom. The van der Waals surface area contributed by atoms with Crippen molar-refractivity contribution in [2.75, 3.05) is 5.75 Å². The van der Waals surface area contributed by atoms with Gasteiger partial charge in [-0.15, -0.1) is 0 Å². The molecule has 1 aliphatic rings. The predicted molar refractivity (Wildman–Crippen MR) is 101 cm³/mol. The Morgan fingerprint density at radius 1 is 1.08 bits per heavy atom. The van der Waals surface area contributed by atoms with E-state index >= 15 is 0 Å². The number of nitrogens with one attached hydrogen (secondary N) is 2. The van der Waals surface area contributed by atoms with E-state index in [2.05, 4.69) is 16.6 Å². The van der Waals surface area contributed by atoms with E-state index in [0.29, 0.717) is 16.9 Å². The third kappa shape index (κ3) is 3.12. The van der Waals surface area contributed by atoms with E-state index in [1.165, 1.54) is 18.2 Å². The molecule has 0 atom stereocenters. The highest BCUT2D eigenvalue weighted by Gasteiger charge is 2.34. The molecule has 1 fully saturated rings. The van der Waals surface area contributed by atoms with Crippen molar-refractivity contribution >= 4 is 22.9 Å². The lowest BCUT2D eigenvalue weighted by Crippen LogP contribution is -2.36. The maximum absolute atomic E-state index is 14.3. The molecule has 1 aromatic heterocycles. The highest BCUT2D eigenvalue weighted by molar-refractivity contribution is 7.97. The fourth-order valence-corrected chi connectivity index (χ4v) is 4.25. The summed E-state index contributed by atoms with van der Waals surface area (Å²) in [6, 6.07) is 8.76. The summed E-state index contributed by atoms with van der Waals surface area (Å²) in [5.74, 6) is -0.319. The minimum Gasteiger partial charge on any atom is -0.352 e. The Balaban J connectivity index is 1.78. The summed E-state index contributed by atoms with van der Waals surface area (Å²) in [6.45, 7) is 2.09. The van der Waals surface area contributed by atoms with Gasteiger partial charge in [-0.25, -0.2) is 13.2 Å². The van der Waals surface area contributed by atoms with Crippen LogP contribution in [-0.4, -0.2) is 16.8 Å². The molecule has 0 aliphatic heterocycles. The van der Waals surface area contributed by atoms with Crippen LogP contribution in [0.5, 0.6) is 0 Å². The van der Waals surface area contributed by atoms with E-state index in [0.717, 1.165) is 41.5 Å². The second-order valence-corrected chi connectivity index (χ2v) is 7.75. The SMILES string of the molecule is CCSNC1CC(c2c(-c3ccc(F)cc3)[nH]c3c(F)cc(F)cc23)C1. The average molecular weight is 376 g/mol. The average Bonchev–Trinajstić information content (AvgIpc) is 2.94. The highest BCUT2D eigenvalue weighted by atomic mass is 32.2. The van der Waals surface area contributed by atoms with Crippen LogP contribution in [0.1, 0.15) is 31.2 Å². The smallest absolute Gasteiger partial charge is 0.150 e. The van der Waals surface area contributed by atoms with Gasteiger partial charge in [-0.1, -0.05) is 18.9 Å². The van der Waals surface area contributed by atoms with Crippen molar-refractivity contribution in [1.82, 2.24) is 9.71 Å². The Morgan fingerprint density at radius 2 is 1.81 bits per heavy atom. The van der Waals surface area contributed by atoms with Crippen molar-refractivity contribution in [3.05, 3.63) is 59.4 Å². The second-order valence-electron chi connectivity index (χ2n) is 6.65. The van der Waals surface area contributed by atoms with Crippen LogP contribution in [0.3, 0.4) is 0 Å². The molecule has 1 aliphatic carbocycles. The van der Waals surface area contributed by atoms with Gasteiger partial charge < -0.3 is 4.98 Å². The number of fused-ring (bicyclic) bond motifs is 1. The van der Waals surface area contributed by atoms with Crippen molar-refractivity contribution in [2.24, 2.45) is 0 Å². The van der Waals surface area contributed by atoms with Gasteiger partial charge in [0, 0.05) is 23.2 Å². The zero-order valence-corrected chi connectivity index (χ0v) is 15.1. The van der Waals surface area contributed by atoms with Crippen molar-refractivity contribution in [2.45, 2.75) is 31.7 Å². The van der Waals surface area contributed by atoms with Gasteiger partial charge in [0.05, 0.1) is 11.2 Å². The van der Waals surface area contributed by atoms with Gasteiger partial charge in [-0.2, -0.15) is 0 Å². The molecule has 3 aromatic rings. The second kappa shape index (κ2) is 7.00. The molecule has 1 saturated carbocycles. The quantitative estimate of drug-likeness (QED) is 0.555. The number of hydrogen-bond donors (Lipinski definition) is 2. The molecule has 0 radical (unpaired) electrons. The lowest BCUT2D eigenvalue weighted by molar-refractivity contribution is 0.336. The summed E-state index contributed by atoms with van der Waals surface area (Å²) in [7, 11) is 0. The summed E-state index contributed by atoms with van der Waals surface area (Å²) in [5, 5.41) is 0.577. The molecular weight excluding hydrogens is 357 g/mol. The number of H-pyrrole nitrogens is 1. The molecule has 2 N–H and O–H groups in total. The zero-order chi connectivity index (χ0) is 18.3. The van der Waals surface area contributed by atoms with Crippen molar-refractivity contribution in [3.63, 3.8) is 0 Å². The molecule has 4 rings (SSSR count). The lowest BCUT2D eigenvalue weighted by atomic mass is 9.74. The third-order valence-electron chi connectivity index (χ3n) is 4.94. The Hall–Kier alpha value is -1.92. The fourth-order valence-electron chi connectivity index (χ4n) is 3.66. The van der Waals surface area contributed by atoms with Crippen LogP contribution in [-0.2, 0) is 0 Å². The van der Waals surface area contributed by atoms with Crippen molar-refractivity contribution in [1.29, 1.82) is 0 Å². The minimum absolute atomic E-state index is 0.208. The lowest BCUT2D eigenvalue weighted by Gasteiger charge is -2.36. The van der Waals surface area contributed by atoms with Crippen LogP contribution in [0, 0.1) is 17.5 Å². The molecule has 26 heavy (non-hydrogen) atoms. The number of halogens is 3. The summed E-state index contributed by atoms with van der Waals surface area (Å²) in [5.41, 5.74) is 2.75. The monoisotopic (exact) mass is 376 g/mol. The number of aromatic nitrogens is 1. The maximum Gasteiger partial charge on any atom is 0.150 e. The van der Waals surface area contributed by atoms with Gasteiger partial charge >= 0.3 is 0 Å². The summed E-state index contributed by atoms with van der Waals surface area (Å²) in [4.78, 5) is 3.11. The largest absolute Gasteiger partial charge is 0.352 e. The number of rotatable bonds is 5. The topological polar surface area (TPSA) is 27.8 Å². The first-order valence-electron chi connectivity index (χ1n) is 8.70. The summed E-state index contributed by atoms with van der Waals surface area (Å²) >= 11 is 1.68. The van der Waals surface area contributed by atoms with Gasteiger partial charge in [-0.05, 0) is 60.2 Å². The Labute approximate surface area is 154 Å². The van der Waals surface area contributed by atoms with Crippen LogP contribution in [0.15, 0.2) is 36.4 Å². The molecule has 0 unspecified atom stereocenters. The minimum atomic E-state index is -0.606. The number of benzene rings is 2. The zero-order valence-electron chi connectivity index (χ0n) is 14.3. The van der Waals surface area contributed by atoms with E-state index in [1.54, 1.807) is 24.1 Å². The number of aromatic amines is 1. The van der Waals surface area contributed by atoms with Gasteiger partial charge in [0.25, 0.3) is 0 Å². The Bertz CT molecular complexity index is 930. The Kier molecular flexibility index (Phi) is 4.71. The van der Waals surface area contributed by atoms with E-state index in [-0.39, 0.29) is 11.7 Å². The molecule has 2 aromatic carbocycles. The predicted octanol–water partition coefficient (Wildman–Crippen LogP) is 5.76. The van der Waals surface area contributed by atoms with Gasteiger partial charge in [-0.3, -0.25) is 4.72 Å². The molecule has 0 amide bonds. The molecule has 0 bridgehead atoms. The van der Waals surface area contributed by atoms with Crippen LogP contribution in [0.25, 0.3) is 22.2 Å². The van der Waals surface area contributed by atoms with Gasteiger partial charge in [0.2, 0.25) is 0 Å². The van der Waals surface area contributed by atoms with Gasteiger partial charge in [0.1, 0.15) is 17.5 Å². The summed E-state index contributed by atoms with van der Waals surface area (Å²) in [6.07, 6.45) is 1.82. The standard InChI is InChI=1S/C20H19F3N2S/c1-2-26-25-15-7-12(8-15)18-16-9-14(22)10-17(23)20(16)24-19(18)11-3-5-13(21)6-4-11/h3-6,9-10,12,15,24-25H,2,7-8H2,1H3. The van der Waals surface area contributed by atoms with E-state index in [9.17, 15) is 13.2 Å². The van der Waals surface area contributed by atoms with Crippen LogP contribution >= 0.6 is 11.9 Å². The normalized spacial score (nSPS) is 19.7. The first kappa shape index (κ1) is 17.5. The van der Waals surface area contributed by atoms with Crippen LogP contribution < -0.4 is 4.72 Å². The van der Waals surface area contributed by atoms with Crippen molar-refractivity contribution < 1.29 is 13.2 Å². The third-order valence-corrected chi connectivity index (χ3v) is 5.73. The first-order chi connectivity index (χ1) is 12.6. The van der Waals surface area contributed by atoms with E-state index < -0.39 is 11.6 Å². The molecule has 1 heterocycles.